The van der Waals surface area contributed by atoms with Gasteiger partial charge in [0, 0.05) is 12.6 Å². The third kappa shape index (κ3) is 3.60. The molecule has 15 heavy (non-hydrogen) atoms. The van der Waals surface area contributed by atoms with Crippen LogP contribution in [0.4, 0.5) is 0 Å². The van der Waals surface area contributed by atoms with Crippen molar-refractivity contribution in [3.63, 3.8) is 0 Å². The minimum Gasteiger partial charge on any atom is -0.373 e. The van der Waals surface area contributed by atoms with Gasteiger partial charge in [-0.1, -0.05) is 19.0 Å². The molecule has 0 saturated heterocycles. The lowest BCUT2D eigenvalue weighted by molar-refractivity contribution is 0.114. The zero-order valence-corrected chi connectivity index (χ0v) is 9.56. The van der Waals surface area contributed by atoms with E-state index in [2.05, 4.69) is 17.1 Å². The van der Waals surface area contributed by atoms with Crippen LogP contribution in [0.15, 0.2) is 4.52 Å². The molecule has 1 heterocycles. The summed E-state index contributed by atoms with van der Waals surface area (Å²) in [6.07, 6.45) is 0.987. The minimum atomic E-state index is 0.00913. The van der Waals surface area contributed by atoms with Crippen LogP contribution in [0.1, 0.15) is 44.8 Å². The second-order valence-corrected chi connectivity index (χ2v) is 3.75. The first-order valence-corrected chi connectivity index (χ1v) is 5.31. The fourth-order valence-electron chi connectivity index (χ4n) is 1.04. The number of ether oxygens (including phenoxy) is 1. The van der Waals surface area contributed by atoms with Gasteiger partial charge < -0.3 is 15.0 Å². The van der Waals surface area contributed by atoms with Crippen LogP contribution in [0.3, 0.4) is 0 Å². The van der Waals surface area contributed by atoms with Gasteiger partial charge in [0.2, 0.25) is 5.89 Å². The number of nitrogens with zero attached hydrogens (tertiary/aromatic N) is 2. The summed E-state index contributed by atoms with van der Waals surface area (Å²) in [7, 11) is 0. The van der Waals surface area contributed by atoms with Gasteiger partial charge in [-0.2, -0.15) is 4.98 Å². The summed E-state index contributed by atoms with van der Waals surface area (Å²) in [6, 6.07) is 0.00913. The summed E-state index contributed by atoms with van der Waals surface area (Å²) in [4.78, 5) is 4.22. The summed E-state index contributed by atoms with van der Waals surface area (Å²) < 4.78 is 10.4. The molecule has 0 fully saturated rings. The molecule has 1 rings (SSSR count). The topological polar surface area (TPSA) is 74.2 Å². The molecule has 0 aliphatic rings. The van der Waals surface area contributed by atoms with E-state index in [1.165, 1.54) is 0 Å². The molecule has 5 heteroatoms. The van der Waals surface area contributed by atoms with Crippen LogP contribution < -0.4 is 5.73 Å². The van der Waals surface area contributed by atoms with E-state index in [-0.39, 0.29) is 12.0 Å². The van der Waals surface area contributed by atoms with Crippen LogP contribution in [0.5, 0.6) is 0 Å². The van der Waals surface area contributed by atoms with Crippen molar-refractivity contribution in [2.45, 2.75) is 45.8 Å². The van der Waals surface area contributed by atoms with Gasteiger partial charge in [0.05, 0.1) is 5.92 Å². The van der Waals surface area contributed by atoms with Crippen molar-refractivity contribution >= 4 is 0 Å². The molecule has 0 aliphatic carbocycles. The Kier molecular flexibility index (Phi) is 4.71. The SMILES string of the molecule is CCCOCc1noc(C(C)C(C)N)n1. The highest BCUT2D eigenvalue weighted by atomic mass is 16.5. The molecule has 0 aromatic carbocycles. The lowest BCUT2D eigenvalue weighted by Crippen LogP contribution is -2.22. The number of rotatable bonds is 6. The van der Waals surface area contributed by atoms with Crippen molar-refractivity contribution < 1.29 is 9.26 Å². The van der Waals surface area contributed by atoms with Crippen LogP contribution in [0.2, 0.25) is 0 Å². The van der Waals surface area contributed by atoms with Gasteiger partial charge in [-0.15, -0.1) is 0 Å². The van der Waals surface area contributed by atoms with Crippen LogP contribution in [0.25, 0.3) is 0 Å². The van der Waals surface area contributed by atoms with Gasteiger partial charge >= 0.3 is 0 Å². The van der Waals surface area contributed by atoms with Gasteiger partial charge in [0.15, 0.2) is 5.82 Å². The van der Waals surface area contributed by atoms with Gasteiger partial charge in [-0.05, 0) is 13.3 Å². The van der Waals surface area contributed by atoms with Crippen LogP contribution in [-0.2, 0) is 11.3 Å². The minimum absolute atomic E-state index is 0.00913. The van der Waals surface area contributed by atoms with E-state index in [4.69, 9.17) is 15.0 Å². The quantitative estimate of drug-likeness (QED) is 0.724. The number of aromatic nitrogens is 2. The number of nitrogens with two attached hydrogens (primary N) is 1. The highest BCUT2D eigenvalue weighted by Crippen LogP contribution is 2.15. The molecule has 5 nitrogen and oxygen atoms in total. The van der Waals surface area contributed by atoms with E-state index in [0.29, 0.717) is 24.9 Å². The molecular formula is C10H19N3O2. The monoisotopic (exact) mass is 213 g/mol. The molecule has 0 saturated carbocycles. The van der Waals surface area contributed by atoms with E-state index in [1.54, 1.807) is 0 Å². The number of hydrogen-bond donors (Lipinski definition) is 1. The molecule has 0 aliphatic heterocycles. The molecule has 2 N–H and O–H groups in total. The predicted octanol–water partition coefficient (Wildman–Crippen LogP) is 1.45. The van der Waals surface area contributed by atoms with Crippen molar-refractivity contribution in [2.24, 2.45) is 5.73 Å². The van der Waals surface area contributed by atoms with Crippen LogP contribution >= 0.6 is 0 Å². The maximum Gasteiger partial charge on any atom is 0.231 e. The highest BCUT2D eigenvalue weighted by molar-refractivity contribution is 4.94. The molecular weight excluding hydrogens is 194 g/mol. The second-order valence-electron chi connectivity index (χ2n) is 3.75. The Morgan fingerprint density at radius 2 is 2.20 bits per heavy atom. The Hall–Kier alpha value is -0.940. The van der Waals surface area contributed by atoms with E-state index in [9.17, 15) is 0 Å². The van der Waals surface area contributed by atoms with Crippen molar-refractivity contribution in [1.29, 1.82) is 0 Å². The third-order valence-electron chi connectivity index (χ3n) is 2.24. The molecule has 1 aromatic heterocycles. The van der Waals surface area contributed by atoms with Crippen molar-refractivity contribution in [2.75, 3.05) is 6.61 Å². The van der Waals surface area contributed by atoms with Gasteiger partial charge in [0.25, 0.3) is 0 Å². The first-order valence-electron chi connectivity index (χ1n) is 5.31. The first-order chi connectivity index (χ1) is 7.15. The fourth-order valence-corrected chi connectivity index (χ4v) is 1.04. The summed E-state index contributed by atoms with van der Waals surface area (Å²) in [5.74, 6) is 1.25. The molecule has 86 valence electrons. The van der Waals surface area contributed by atoms with Crippen molar-refractivity contribution in [3.05, 3.63) is 11.7 Å². The van der Waals surface area contributed by atoms with E-state index >= 15 is 0 Å². The van der Waals surface area contributed by atoms with Gasteiger partial charge in [-0.25, -0.2) is 0 Å². The number of hydrogen-bond acceptors (Lipinski definition) is 5. The molecule has 2 unspecified atom stereocenters. The maximum absolute atomic E-state index is 5.74. The average Bonchev–Trinajstić information content (AvgIpc) is 2.65. The first kappa shape index (κ1) is 12.1. The largest absolute Gasteiger partial charge is 0.373 e. The second kappa shape index (κ2) is 5.82. The fraction of sp³-hybridized carbons (Fsp3) is 0.800. The Bertz CT molecular complexity index is 286. The molecule has 1 aromatic rings. The zero-order chi connectivity index (χ0) is 11.3. The Labute approximate surface area is 90.0 Å². The van der Waals surface area contributed by atoms with E-state index in [1.807, 2.05) is 13.8 Å². The average molecular weight is 213 g/mol. The Morgan fingerprint density at radius 1 is 1.47 bits per heavy atom. The van der Waals surface area contributed by atoms with Gasteiger partial charge in [0.1, 0.15) is 6.61 Å². The molecule has 0 spiro atoms. The Morgan fingerprint density at radius 3 is 2.80 bits per heavy atom. The summed E-state index contributed by atoms with van der Waals surface area (Å²) in [5.41, 5.74) is 5.74. The van der Waals surface area contributed by atoms with Crippen LogP contribution in [-0.4, -0.2) is 22.8 Å². The standard InChI is InChI=1S/C10H19N3O2/c1-4-5-14-6-9-12-10(15-13-9)7(2)8(3)11/h7-8H,4-6,11H2,1-3H3. The third-order valence-corrected chi connectivity index (χ3v) is 2.24. The van der Waals surface area contributed by atoms with Crippen molar-refractivity contribution in [1.82, 2.24) is 10.1 Å². The lowest BCUT2D eigenvalue weighted by Gasteiger charge is -2.09. The van der Waals surface area contributed by atoms with E-state index in [0.717, 1.165) is 6.42 Å². The highest BCUT2D eigenvalue weighted by Gasteiger charge is 2.17. The molecule has 0 amide bonds. The molecule has 0 bridgehead atoms. The van der Waals surface area contributed by atoms with Crippen molar-refractivity contribution in [3.8, 4) is 0 Å². The summed E-state index contributed by atoms with van der Waals surface area (Å²) >= 11 is 0. The molecule has 0 radical (unpaired) electrons. The van der Waals surface area contributed by atoms with E-state index < -0.39 is 0 Å². The Balaban J connectivity index is 2.48. The normalized spacial score (nSPS) is 15.2. The van der Waals surface area contributed by atoms with Gasteiger partial charge in [-0.3, -0.25) is 0 Å². The summed E-state index contributed by atoms with van der Waals surface area (Å²) in [6.45, 7) is 7.06. The van der Waals surface area contributed by atoms with Crippen LogP contribution in [0, 0.1) is 0 Å². The smallest absolute Gasteiger partial charge is 0.231 e. The zero-order valence-electron chi connectivity index (χ0n) is 9.56. The lowest BCUT2D eigenvalue weighted by atomic mass is 10.1. The maximum atomic E-state index is 5.74. The summed E-state index contributed by atoms with van der Waals surface area (Å²) in [5, 5.41) is 3.82. The molecule has 2 atom stereocenters. The predicted molar refractivity (Wildman–Crippen MR) is 56.3 cm³/mol.